The summed E-state index contributed by atoms with van der Waals surface area (Å²) in [6, 6.07) is 12.8. The second kappa shape index (κ2) is 6.81. The van der Waals surface area contributed by atoms with E-state index in [1.54, 1.807) is 37.6 Å². The molecule has 0 spiro atoms. The maximum Gasteiger partial charge on any atom is 0.339 e. The van der Waals surface area contributed by atoms with Crippen molar-refractivity contribution in [2.24, 2.45) is 0 Å². The van der Waals surface area contributed by atoms with Crippen LogP contribution in [0.1, 0.15) is 21.5 Å². The molecule has 3 rings (SSSR count). The fourth-order valence-electron chi connectivity index (χ4n) is 2.79. The Morgan fingerprint density at radius 2 is 1.92 bits per heavy atom. The molecule has 128 valence electrons. The molecular weight excluding hydrogens is 318 g/mol. The lowest BCUT2D eigenvalue weighted by Gasteiger charge is -2.19. The minimum Gasteiger partial charge on any atom is -0.465 e. The van der Waals surface area contributed by atoms with E-state index in [1.807, 2.05) is 25.1 Å². The van der Waals surface area contributed by atoms with E-state index in [4.69, 9.17) is 9.15 Å². The van der Waals surface area contributed by atoms with Gasteiger partial charge in [0.1, 0.15) is 5.58 Å². The van der Waals surface area contributed by atoms with Gasteiger partial charge in [0.05, 0.1) is 31.0 Å². The lowest BCUT2D eigenvalue weighted by Crippen LogP contribution is -2.29. The van der Waals surface area contributed by atoms with Crippen molar-refractivity contribution in [2.45, 2.75) is 13.3 Å². The highest BCUT2D eigenvalue weighted by molar-refractivity contribution is 6.03. The predicted octanol–water partition coefficient (Wildman–Crippen LogP) is 3.73. The second-order valence-electron chi connectivity index (χ2n) is 5.90. The van der Waals surface area contributed by atoms with Crippen LogP contribution in [0.25, 0.3) is 11.0 Å². The fraction of sp³-hybridized carbons (Fsp3) is 0.200. The van der Waals surface area contributed by atoms with Crippen LogP contribution in [0.5, 0.6) is 0 Å². The third-order valence-electron chi connectivity index (χ3n) is 4.20. The molecule has 1 amide bonds. The first-order chi connectivity index (χ1) is 12.0. The molecule has 0 aliphatic carbocycles. The van der Waals surface area contributed by atoms with Crippen LogP contribution in [0.15, 0.2) is 53.1 Å². The molecule has 2 aromatic carbocycles. The molecule has 1 aromatic heterocycles. The van der Waals surface area contributed by atoms with E-state index >= 15 is 0 Å². The zero-order chi connectivity index (χ0) is 18.0. The summed E-state index contributed by atoms with van der Waals surface area (Å²) in [4.78, 5) is 26.1. The van der Waals surface area contributed by atoms with Gasteiger partial charge in [-0.3, -0.25) is 4.79 Å². The molecule has 3 aromatic rings. The number of hydrogen-bond donors (Lipinski definition) is 0. The zero-order valence-electron chi connectivity index (χ0n) is 14.4. The number of ether oxygens (including phenoxy) is 1. The van der Waals surface area contributed by atoms with Crippen molar-refractivity contribution in [3.8, 4) is 0 Å². The van der Waals surface area contributed by atoms with Gasteiger partial charge in [-0.15, -0.1) is 0 Å². The van der Waals surface area contributed by atoms with Crippen molar-refractivity contribution in [3.63, 3.8) is 0 Å². The van der Waals surface area contributed by atoms with Gasteiger partial charge in [0.2, 0.25) is 5.91 Å². The minimum absolute atomic E-state index is 0.139. The number of methoxy groups -OCH3 is 1. The van der Waals surface area contributed by atoms with Gasteiger partial charge in [0.25, 0.3) is 0 Å². The number of aryl methyl sites for hydroxylation is 1. The summed E-state index contributed by atoms with van der Waals surface area (Å²) in [5, 5.41) is 0.925. The number of hydrogen-bond acceptors (Lipinski definition) is 4. The first-order valence-electron chi connectivity index (χ1n) is 7.92. The summed E-state index contributed by atoms with van der Waals surface area (Å²) in [5.74, 6) is -0.612. The molecule has 0 aliphatic heterocycles. The van der Waals surface area contributed by atoms with Gasteiger partial charge in [0.15, 0.2) is 0 Å². The van der Waals surface area contributed by atoms with Gasteiger partial charge in [-0.05, 0) is 30.7 Å². The highest BCUT2D eigenvalue weighted by Crippen LogP contribution is 2.25. The monoisotopic (exact) mass is 337 g/mol. The van der Waals surface area contributed by atoms with Crippen LogP contribution in [0.2, 0.25) is 0 Å². The van der Waals surface area contributed by atoms with E-state index in [0.29, 0.717) is 11.3 Å². The Balaban J connectivity index is 1.87. The highest BCUT2D eigenvalue weighted by Gasteiger charge is 2.20. The molecule has 25 heavy (non-hydrogen) atoms. The lowest BCUT2D eigenvalue weighted by molar-refractivity contribution is -0.117. The van der Waals surface area contributed by atoms with Crippen LogP contribution < -0.4 is 4.90 Å². The van der Waals surface area contributed by atoms with E-state index in [0.717, 1.165) is 22.1 Å². The molecule has 0 N–H and O–H groups in total. The first-order valence-corrected chi connectivity index (χ1v) is 7.92. The van der Waals surface area contributed by atoms with E-state index in [1.165, 1.54) is 12.0 Å². The molecule has 0 aliphatic rings. The van der Waals surface area contributed by atoms with Gasteiger partial charge in [-0.2, -0.15) is 0 Å². The van der Waals surface area contributed by atoms with Gasteiger partial charge in [-0.25, -0.2) is 4.79 Å². The average Bonchev–Trinajstić information content (AvgIpc) is 3.02. The van der Waals surface area contributed by atoms with E-state index in [9.17, 15) is 9.59 Å². The molecular formula is C20H19NO4. The average molecular weight is 337 g/mol. The number of esters is 1. The molecule has 0 unspecified atom stereocenters. The molecule has 0 saturated carbocycles. The molecule has 0 bridgehead atoms. The summed E-state index contributed by atoms with van der Waals surface area (Å²) in [6.07, 6.45) is 1.80. The van der Waals surface area contributed by atoms with Crippen LogP contribution in [-0.2, 0) is 16.0 Å². The summed E-state index contributed by atoms with van der Waals surface area (Å²) >= 11 is 0. The Bertz CT molecular complexity index is 942. The maximum absolute atomic E-state index is 12.7. The molecule has 0 fully saturated rings. The predicted molar refractivity (Wildman–Crippen MR) is 95.8 cm³/mol. The molecule has 0 radical (unpaired) electrons. The zero-order valence-corrected chi connectivity index (χ0v) is 14.4. The lowest BCUT2D eigenvalue weighted by atomic mass is 10.1. The highest BCUT2D eigenvalue weighted by atomic mass is 16.5. The number of nitrogens with zero attached hydrogens (tertiary/aromatic N) is 1. The fourth-order valence-corrected chi connectivity index (χ4v) is 2.79. The number of carbonyl (C=O) groups is 2. The number of benzene rings is 2. The van der Waals surface area contributed by atoms with Crippen LogP contribution in [0, 0.1) is 6.92 Å². The Hall–Kier alpha value is -3.08. The number of fused-ring (bicyclic) bond motifs is 1. The van der Waals surface area contributed by atoms with Gasteiger partial charge >= 0.3 is 5.97 Å². The first kappa shape index (κ1) is 16.8. The number of amides is 1. The Morgan fingerprint density at radius 3 is 2.68 bits per heavy atom. The quantitative estimate of drug-likeness (QED) is 0.681. The topological polar surface area (TPSA) is 59.8 Å². The normalized spacial score (nSPS) is 10.7. The standard InChI is InChI=1S/C20H19NO4/c1-13-8-9-15-14(12-25-18(15)10-13)11-19(22)21(2)17-7-5-4-6-16(17)20(23)24-3/h4-10,12H,11H2,1-3H3. The van der Waals surface area contributed by atoms with Crippen molar-refractivity contribution in [1.29, 1.82) is 0 Å². The number of likely N-dealkylation sites (N-methyl/N-ethyl adjacent to an activating group) is 1. The summed E-state index contributed by atoms with van der Waals surface area (Å²) < 4.78 is 10.3. The number of rotatable bonds is 4. The Labute approximate surface area is 145 Å². The molecule has 5 nitrogen and oxygen atoms in total. The summed E-state index contributed by atoms with van der Waals surface area (Å²) in [5.41, 5.74) is 3.56. The van der Waals surface area contributed by atoms with Crippen molar-refractivity contribution in [1.82, 2.24) is 0 Å². The number of carbonyl (C=O) groups excluding carboxylic acids is 2. The molecule has 0 atom stereocenters. The molecule has 0 saturated heterocycles. The van der Waals surface area contributed by atoms with Crippen LogP contribution in [0.4, 0.5) is 5.69 Å². The molecule has 5 heteroatoms. The van der Waals surface area contributed by atoms with Crippen LogP contribution in [-0.4, -0.2) is 26.0 Å². The van der Waals surface area contributed by atoms with Crippen molar-refractivity contribution >= 4 is 28.5 Å². The van der Waals surface area contributed by atoms with Crippen molar-refractivity contribution in [2.75, 3.05) is 19.1 Å². The van der Waals surface area contributed by atoms with E-state index in [-0.39, 0.29) is 12.3 Å². The van der Waals surface area contributed by atoms with E-state index in [2.05, 4.69) is 0 Å². The Kier molecular flexibility index (Phi) is 4.57. The van der Waals surface area contributed by atoms with Gasteiger partial charge in [0, 0.05) is 18.0 Å². The third kappa shape index (κ3) is 3.26. The Morgan fingerprint density at radius 1 is 1.16 bits per heavy atom. The summed E-state index contributed by atoms with van der Waals surface area (Å²) in [6.45, 7) is 1.99. The third-order valence-corrected chi connectivity index (χ3v) is 4.20. The molecule has 1 heterocycles. The maximum atomic E-state index is 12.7. The largest absolute Gasteiger partial charge is 0.465 e. The number of furan rings is 1. The summed E-state index contributed by atoms with van der Waals surface area (Å²) in [7, 11) is 2.97. The van der Waals surface area contributed by atoms with Crippen LogP contribution >= 0.6 is 0 Å². The number of anilines is 1. The van der Waals surface area contributed by atoms with Crippen molar-refractivity contribution < 1.29 is 18.7 Å². The minimum atomic E-state index is -0.473. The smallest absolute Gasteiger partial charge is 0.339 e. The van der Waals surface area contributed by atoms with Crippen molar-refractivity contribution in [3.05, 3.63) is 65.4 Å². The number of para-hydroxylation sites is 1. The van der Waals surface area contributed by atoms with Crippen LogP contribution in [0.3, 0.4) is 0 Å². The second-order valence-corrected chi connectivity index (χ2v) is 5.90. The van der Waals surface area contributed by atoms with E-state index < -0.39 is 5.97 Å². The van der Waals surface area contributed by atoms with Gasteiger partial charge in [-0.1, -0.05) is 24.3 Å². The SMILES string of the molecule is COC(=O)c1ccccc1N(C)C(=O)Cc1coc2cc(C)ccc12. The van der Waals surface area contributed by atoms with Gasteiger partial charge < -0.3 is 14.1 Å².